The van der Waals surface area contributed by atoms with Crippen molar-refractivity contribution in [2.75, 3.05) is 0 Å². The second-order valence-corrected chi connectivity index (χ2v) is 12.0. The molecule has 6 heteroatoms. The van der Waals surface area contributed by atoms with Crippen molar-refractivity contribution in [1.29, 1.82) is 0 Å². The van der Waals surface area contributed by atoms with E-state index in [1.54, 1.807) is 0 Å². The number of fused-ring (bicyclic) bond motifs is 10. The van der Waals surface area contributed by atoms with Crippen LogP contribution < -0.4 is 0 Å². The molecule has 6 nitrogen and oxygen atoms in total. The summed E-state index contributed by atoms with van der Waals surface area (Å²) in [5, 5.41) is 23.8. The molecule has 208 valence electrons. The maximum absolute atomic E-state index is 11.9. The van der Waals surface area contributed by atoms with Gasteiger partial charge in [-0.05, 0) is 50.2 Å². The average molecular weight is 553 g/mol. The lowest BCUT2D eigenvalue weighted by molar-refractivity contribution is 0.437. The second kappa shape index (κ2) is 9.21. The first-order valence-electron chi connectivity index (χ1n) is 14.1. The van der Waals surface area contributed by atoms with E-state index in [0.717, 1.165) is 22.8 Å². The molecule has 4 aromatic carbocycles. The summed E-state index contributed by atoms with van der Waals surface area (Å²) in [6, 6.07) is 31.6. The number of benzene rings is 4. The third kappa shape index (κ3) is 3.79. The number of hydrogen-bond acceptors (Lipinski definition) is 4. The summed E-state index contributed by atoms with van der Waals surface area (Å²) in [5.74, 6) is 1.55. The fourth-order valence-electron chi connectivity index (χ4n) is 6.05. The Kier molecular flexibility index (Phi) is 5.67. The van der Waals surface area contributed by atoms with Crippen LogP contribution in [0.15, 0.2) is 109 Å². The van der Waals surface area contributed by atoms with Gasteiger partial charge in [0, 0.05) is 40.3 Å². The lowest BCUT2D eigenvalue weighted by Gasteiger charge is -2.29. The highest BCUT2D eigenvalue weighted by atomic mass is 16.3. The number of rotatable bonds is 2. The summed E-state index contributed by atoms with van der Waals surface area (Å²) in [7, 11) is 0. The van der Waals surface area contributed by atoms with Crippen molar-refractivity contribution in [3.8, 4) is 45.6 Å². The van der Waals surface area contributed by atoms with E-state index >= 15 is 0 Å². The predicted octanol–water partition coefficient (Wildman–Crippen LogP) is 7.77. The van der Waals surface area contributed by atoms with Crippen LogP contribution in [-0.4, -0.2) is 29.3 Å². The molecule has 0 radical (unpaired) electrons. The van der Waals surface area contributed by atoms with E-state index in [1.165, 1.54) is 0 Å². The van der Waals surface area contributed by atoms with Gasteiger partial charge in [0.1, 0.15) is 23.1 Å². The smallest absolute Gasteiger partial charge is 0.148 e. The number of imidazole rings is 2. The van der Waals surface area contributed by atoms with Crippen LogP contribution in [-0.2, 0) is 10.8 Å². The molecule has 0 fully saturated rings. The van der Waals surface area contributed by atoms with Gasteiger partial charge in [-0.15, -0.1) is 0 Å². The Morgan fingerprint density at radius 2 is 0.905 bits per heavy atom. The highest BCUT2D eigenvalue weighted by Crippen LogP contribution is 2.48. The Morgan fingerprint density at radius 1 is 0.500 bits per heavy atom. The number of phenolic OH excluding ortho intramolecular Hbond substituents is 2. The third-order valence-electron chi connectivity index (χ3n) is 8.66. The number of aromatic nitrogens is 4. The molecule has 7 rings (SSSR count). The number of nitrogens with zero attached hydrogens (tertiary/aromatic N) is 4. The van der Waals surface area contributed by atoms with Crippen molar-refractivity contribution < 1.29 is 10.2 Å². The molecule has 0 saturated heterocycles. The Morgan fingerprint density at radius 3 is 1.31 bits per heavy atom. The van der Waals surface area contributed by atoms with Crippen molar-refractivity contribution in [3.05, 3.63) is 132 Å². The third-order valence-corrected chi connectivity index (χ3v) is 8.66. The molecule has 0 saturated carbocycles. The van der Waals surface area contributed by atoms with E-state index in [-0.39, 0.29) is 11.5 Å². The molecule has 0 unspecified atom stereocenters. The van der Waals surface area contributed by atoms with Crippen molar-refractivity contribution in [3.63, 3.8) is 0 Å². The number of aromatic hydroxyl groups is 2. The molecular formula is C36H32N4O2. The zero-order valence-corrected chi connectivity index (χ0v) is 24.1. The molecular weight excluding hydrogens is 520 g/mol. The zero-order valence-electron chi connectivity index (χ0n) is 24.1. The highest BCUT2D eigenvalue weighted by Gasteiger charge is 2.36. The van der Waals surface area contributed by atoms with Crippen molar-refractivity contribution in [1.82, 2.24) is 19.1 Å². The molecule has 8 bridgehead atoms. The van der Waals surface area contributed by atoms with Gasteiger partial charge >= 0.3 is 0 Å². The fraction of sp³-hybridized carbons (Fsp3) is 0.167. The first kappa shape index (κ1) is 25.8. The van der Waals surface area contributed by atoms with Gasteiger partial charge in [0.25, 0.3) is 0 Å². The lowest BCUT2D eigenvalue weighted by Crippen LogP contribution is -2.21. The zero-order chi connectivity index (χ0) is 29.2. The van der Waals surface area contributed by atoms with E-state index in [1.807, 2.05) is 132 Å². The minimum atomic E-state index is -0.746. The standard InChI is InChI=1S/C36H32N4O2/c1-35(2)27-19-11-17-25(31(27)41)33-37-29(21-39(33)23-13-7-5-8-14-23)36(3,4)30-22-40(24-15-9-6-10-16-24)34(38-30)26-18-12-20-28(35)32(26)42/h5-22,41-42H,1-4H3. The van der Waals surface area contributed by atoms with Gasteiger partial charge in [-0.2, -0.15) is 0 Å². The maximum Gasteiger partial charge on any atom is 0.148 e. The van der Waals surface area contributed by atoms with Crippen molar-refractivity contribution in [2.45, 2.75) is 38.5 Å². The Bertz CT molecular complexity index is 1810. The first-order valence-corrected chi connectivity index (χ1v) is 14.1. The summed E-state index contributed by atoms with van der Waals surface area (Å²) in [6.07, 6.45) is 4.08. The molecule has 2 aromatic heterocycles. The molecule has 0 spiro atoms. The Balaban J connectivity index is 1.61. The van der Waals surface area contributed by atoms with Crippen LogP contribution in [0.25, 0.3) is 34.2 Å². The van der Waals surface area contributed by atoms with Crippen LogP contribution in [0, 0.1) is 0 Å². The van der Waals surface area contributed by atoms with Crippen LogP contribution >= 0.6 is 0 Å². The molecule has 0 amide bonds. The molecule has 1 aliphatic heterocycles. The largest absolute Gasteiger partial charge is 0.507 e. The molecule has 1 aliphatic rings. The van der Waals surface area contributed by atoms with Gasteiger partial charge < -0.3 is 10.2 Å². The fourth-order valence-corrected chi connectivity index (χ4v) is 6.05. The van der Waals surface area contributed by atoms with E-state index < -0.39 is 10.8 Å². The maximum atomic E-state index is 11.9. The second-order valence-electron chi connectivity index (χ2n) is 12.0. The minimum absolute atomic E-state index is 0.141. The molecule has 0 atom stereocenters. The molecule has 2 N–H and O–H groups in total. The van der Waals surface area contributed by atoms with E-state index in [4.69, 9.17) is 9.97 Å². The highest BCUT2D eigenvalue weighted by molar-refractivity contribution is 5.74. The number of hydrogen-bond donors (Lipinski definition) is 2. The van der Waals surface area contributed by atoms with Crippen LogP contribution in [0.3, 0.4) is 0 Å². The van der Waals surface area contributed by atoms with Gasteiger partial charge in [-0.3, -0.25) is 9.13 Å². The molecule has 3 heterocycles. The Labute approximate surface area is 245 Å². The van der Waals surface area contributed by atoms with E-state index in [9.17, 15) is 10.2 Å². The summed E-state index contributed by atoms with van der Waals surface area (Å²) in [4.78, 5) is 10.4. The predicted molar refractivity (Wildman–Crippen MR) is 166 cm³/mol. The van der Waals surface area contributed by atoms with Crippen LogP contribution in [0.2, 0.25) is 0 Å². The number of para-hydroxylation sites is 4. The normalized spacial score (nSPS) is 14.8. The van der Waals surface area contributed by atoms with Gasteiger partial charge in [0.05, 0.1) is 27.9 Å². The van der Waals surface area contributed by atoms with Crippen molar-refractivity contribution in [2.24, 2.45) is 0 Å². The van der Waals surface area contributed by atoms with E-state index in [2.05, 4.69) is 13.8 Å². The molecule has 42 heavy (non-hydrogen) atoms. The summed E-state index contributed by atoms with van der Waals surface area (Å²) < 4.78 is 4.07. The average Bonchev–Trinajstić information content (AvgIpc) is 3.64. The van der Waals surface area contributed by atoms with Crippen molar-refractivity contribution >= 4 is 0 Å². The van der Waals surface area contributed by atoms with Crippen LogP contribution in [0.4, 0.5) is 0 Å². The molecule has 0 aliphatic carbocycles. The molecule has 6 aromatic rings. The van der Waals surface area contributed by atoms with Gasteiger partial charge in [0.15, 0.2) is 0 Å². The van der Waals surface area contributed by atoms with E-state index in [0.29, 0.717) is 33.9 Å². The first-order chi connectivity index (χ1) is 20.2. The SMILES string of the molecule is CC1(C)c2cn(-c3ccccc3)c(n2)-c2cccc(c2O)C(C)(C)c2cccc(c2O)-c2nc1cn2-c1ccccc1. The van der Waals surface area contributed by atoms with Gasteiger partial charge in [0.2, 0.25) is 0 Å². The summed E-state index contributed by atoms with van der Waals surface area (Å²) in [5.41, 5.74) is 4.76. The Hall–Kier alpha value is -5.10. The quantitative estimate of drug-likeness (QED) is 0.230. The summed E-state index contributed by atoms with van der Waals surface area (Å²) >= 11 is 0. The van der Waals surface area contributed by atoms with Crippen LogP contribution in [0.5, 0.6) is 11.5 Å². The topological polar surface area (TPSA) is 76.1 Å². The monoisotopic (exact) mass is 552 g/mol. The lowest BCUT2D eigenvalue weighted by atomic mass is 9.76. The van der Waals surface area contributed by atoms with Crippen LogP contribution in [0.1, 0.15) is 50.2 Å². The summed E-state index contributed by atoms with van der Waals surface area (Å²) in [6.45, 7) is 8.25. The van der Waals surface area contributed by atoms with Gasteiger partial charge in [-0.1, -0.05) is 74.5 Å². The van der Waals surface area contributed by atoms with Gasteiger partial charge in [-0.25, -0.2) is 9.97 Å². The number of phenols is 2. The minimum Gasteiger partial charge on any atom is -0.507 e.